The maximum absolute atomic E-state index is 4.66. The fourth-order valence-electron chi connectivity index (χ4n) is 2.38. The standard InChI is InChI=1S/C13H8N3.Al/c1-3-7-11-9(5-1)14-13-15-10-6-2-4-8-12(10)16(11)13;/h1-8H;/q-1;+1. The van der Waals surface area contributed by atoms with Crippen molar-refractivity contribution in [3.8, 4) is 0 Å². The molecule has 0 saturated carbocycles. The van der Waals surface area contributed by atoms with E-state index in [-0.39, 0.29) is 0 Å². The van der Waals surface area contributed by atoms with Gasteiger partial charge in [0.05, 0.1) is 16.6 Å². The van der Waals surface area contributed by atoms with Crippen molar-refractivity contribution >= 4 is 44.4 Å². The summed E-state index contributed by atoms with van der Waals surface area (Å²) >= 11 is 2.73. The fourth-order valence-corrected chi connectivity index (χ4v) is 2.77. The molecule has 0 aliphatic heterocycles. The van der Waals surface area contributed by atoms with Gasteiger partial charge in [-0.15, -0.1) is 0 Å². The van der Waals surface area contributed by atoms with Gasteiger partial charge in [0, 0.05) is 5.52 Å². The number of fused-ring (bicyclic) bond motifs is 5. The zero-order valence-corrected chi connectivity index (χ0v) is 10.2. The van der Waals surface area contributed by atoms with E-state index in [2.05, 4.69) is 53.7 Å². The molecule has 0 aliphatic rings. The number of nitrogens with zero attached hydrogens (tertiary/aromatic N) is 3. The van der Waals surface area contributed by atoms with Gasteiger partial charge in [-0.25, -0.2) is 4.98 Å². The fraction of sp³-hybridized carbons (Fsp3) is 0. The maximum atomic E-state index is 4.66. The lowest BCUT2D eigenvalue weighted by molar-refractivity contribution is 1.23. The summed E-state index contributed by atoms with van der Waals surface area (Å²) in [7, 11) is 0. The molecule has 0 aliphatic carbocycles. The van der Waals surface area contributed by atoms with Gasteiger partial charge in [-0.05, 0) is 24.3 Å². The molecule has 0 fully saturated rings. The Morgan fingerprint density at radius 3 is 2.29 bits per heavy atom. The minimum atomic E-state index is 0.956. The monoisotopic (exact) mass is 233 g/mol. The highest BCUT2D eigenvalue weighted by Crippen LogP contribution is 2.24. The molecule has 17 heavy (non-hydrogen) atoms. The number of imidazole rings is 2. The third-order valence-corrected chi connectivity index (χ3v) is 3.65. The molecule has 2 aromatic carbocycles. The minimum absolute atomic E-state index is 0.956. The molecule has 2 radical (unpaired) electrons. The van der Waals surface area contributed by atoms with Crippen LogP contribution in [0.25, 0.3) is 27.8 Å². The normalized spacial score (nSPS) is 11.8. The number of hydrogen-bond donors (Lipinski definition) is 0. The van der Waals surface area contributed by atoms with Crippen LogP contribution in [0, 0.1) is 0 Å². The molecule has 0 bridgehead atoms. The number of aromatic nitrogens is 3. The van der Waals surface area contributed by atoms with E-state index in [0.29, 0.717) is 0 Å². The molecule has 4 aromatic rings. The summed E-state index contributed by atoms with van der Waals surface area (Å²) in [4.78, 5) is 4.66. The summed E-state index contributed by atoms with van der Waals surface area (Å²) in [5.41, 5.74) is 4.54. The van der Waals surface area contributed by atoms with Crippen molar-refractivity contribution < 1.29 is 0 Å². The first-order valence-electron chi connectivity index (χ1n) is 5.48. The Kier molecular flexibility index (Phi) is 1.71. The lowest BCUT2D eigenvalue weighted by Gasteiger charge is -1.95. The van der Waals surface area contributed by atoms with Crippen LogP contribution in [0.1, 0.15) is 0 Å². The first kappa shape index (κ1) is 9.29. The van der Waals surface area contributed by atoms with E-state index in [1.54, 1.807) is 0 Å². The van der Waals surface area contributed by atoms with Crippen LogP contribution in [0.3, 0.4) is 0 Å². The van der Waals surface area contributed by atoms with Crippen molar-refractivity contribution in [1.29, 1.82) is 0 Å². The van der Waals surface area contributed by atoms with Gasteiger partial charge in [0.25, 0.3) is 0 Å². The highest BCUT2D eigenvalue weighted by Gasteiger charge is 2.11. The Labute approximate surface area is 106 Å². The van der Waals surface area contributed by atoms with Crippen molar-refractivity contribution in [1.82, 2.24) is 12.9 Å². The smallest absolute Gasteiger partial charge is 0.323 e. The average Bonchev–Trinajstić information content (AvgIpc) is 2.88. The van der Waals surface area contributed by atoms with Gasteiger partial charge in [0.15, 0.2) is 5.78 Å². The number of para-hydroxylation sites is 4. The third kappa shape index (κ3) is 1.09. The van der Waals surface area contributed by atoms with Gasteiger partial charge < -0.3 is 3.55 Å². The van der Waals surface area contributed by atoms with Crippen molar-refractivity contribution in [2.24, 2.45) is 0 Å². The molecular weight excluding hydrogens is 225 g/mol. The van der Waals surface area contributed by atoms with Crippen molar-refractivity contribution in [2.45, 2.75) is 0 Å². The van der Waals surface area contributed by atoms with Gasteiger partial charge in [0.2, 0.25) is 0 Å². The molecular formula is C13H8AlN3. The first-order valence-corrected chi connectivity index (χ1v) is 5.99. The largest absolute Gasteiger partial charge is 0.422 e. The minimum Gasteiger partial charge on any atom is -0.422 e. The predicted molar refractivity (Wildman–Crippen MR) is 69.3 cm³/mol. The Morgan fingerprint density at radius 2 is 1.47 bits per heavy atom. The number of hydrogen-bond acceptors (Lipinski definition) is 1. The predicted octanol–water partition coefficient (Wildman–Crippen LogP) is 2.37. The Balaban J connectivity index is 2.41. The van der Waals surface area contributed by atoms with Crippen LogP contribution in [0.2, 0.25) is 0 Å². The van der Waals surface area contributed by atoms with Crippen LogP contribution in [0.15, 0.2) is 48.5 Å². The molecule has 4 rings (SSSR count). The Morgan fingerprint density at radius 1 is 0.824 bits per heavy atom. The molecule has 0 amide bonds. The average molecular weight is 233 g/mol. The summed E-state index contributed by atoms with van der Waals surface area (Å²) < 4.78 is 4.24. The number of benzene rings is 2. The van der Waals surface area contributed by atoms with Gasteiger partial charge in [-0.3, -0.25) is 4.40 Å². The first-order chi connectivity index (χ1) is 8.36. The van der Waals surface area contributed by atoms with Crippen LogP contribution in [-0.4, -0.2) is 29.4 Å². The van der Waals surface area contributed by atoms with Crippen molar-refractivity contribution in [3.05, 3.63) is 48.5 Å². The maximum Gasteiger partial charge on any atom is 0.323 e. The molecule has 2 aromatic heterocycles. The molecule has 0 unspecified atom stereocenters. The van der Waals surface area contributed by atoms with E-state index >= 15 is 0 Å². The summed E-state index contributed by atoms with van der Waals surface area (Å²) in [5, 5.41) is 0. The molecule has 0 saturated heterocycles. The van der Waals surface area contributed by atoms with E-state index in [1.165, 1.54) is 11.0 Å². The summed E-state index contributed by atoms with van der Waals surface area (Å²) in [6.07, 6.45) is 0. The van der Waals surface area contributed by atoms with E-state index < -0.39 is 0 Å². The Hall–Kier alpha value is -1.76. The summed E-state index contributed by atoms with van der Waals surface area (Å²) in [5.74, 6) is 0.956. The summed E-state index contributed by atoms with van der Waals surface area (Å²) in [6.45, 7) is 0. The van der Waals surface area contributed by atoms with E-state index in [1.807, 2.05) is 24.3 Å². The SMILES string of the molecule is [Al][n]1c2ccccc2n2c3ccccc3nc12. The van der Waals surface area contributed by atoms with E-state index in [0.717, 1.165) is 16.8 Å². The third-order valence-electron chi connectivity index (χ3n) is 3.14. The summed E-state index contributed by atoms with van der Waals surface area (Å²) in [6, 6.07) is 16.5. The quantitative estimate of drug-likeness (QED) is 0.427. The number of rotatable bonds is 0. The molecule has 78 valence electrons. The molecule has 0 spiro atoms. The zero-order chi connectivity index (χ0) is 11.4. The Bertz CT molecular complexity index is 857. The van der Waals surface area contributed by atoms with Crippen molar-refractivity contribution in [2.75, 3.05) is 0 Å². The molecule has 0 atom stereocenters. The van der Waals surface area contributed by atoms with Crippen LogP contribution in [-0.2, 0) is 0 Å². The molecule has 4 heteroatoms. The second kappa shape index (κ2) is 3.13. The van der Waals surface area contributed by atoms with Crippen molar-refractivity contribution in [3.63, 3.8) is 0 Å². The van der Waals surface area contributed by atoms with E-state index in [4.69, 9.17) is 0 Å². The second-order valence-electron chi connectivity index (χ2n) is 4.09. The van der Waals surface area contributed by atoms with Crippen LogP contribution in [0.4, 0.5) is 0 Å². The van der Waals surface area contributed by atoms with Gasteiger partial charge in [-0.1, -0.05) is 24.3 Å². The van der Waals surface area contributed by atoms with Gasteiger partial charge >= 0.3 is 16.5 Å². The van der Waals surface area contributed by atoms with Crippen LogP contribution < -0.4 is 0 Å². The second-order valence-corrected chi connectivity index (χ2v) is 4.61. The van der Waals surface area contributed by atoms with Gasteiger partial charge in [0.1, 0.15) is 0 Å². The van der Waals surface area contributed by atoms with Crippen LogP contribution in [0.5, 0.6) is 0 Å². The van der Waals surface area contributed by atoms with Gasteiger partial charge in [-0.2, -0.15) is 0 Å². The van der Waals surface area contributed by atoms with Crippen LogP contribution >= 0.6 is 0 Å². The molecule has 3 nitrogen and oxygen atoms in total. The lowest BCUT2D eigenvalue weighted by atomic mass is 10.3. The molecule has 2 heterocycles. The zero-order valence-electron chi connectivity index (χ0n) is 9.04. The van der Waals surface area contributed by atoms with E-state index in [9.17, 15) is 0 Å². The lowest BCUT2D eigenvalue weighted by Crippen LogP contribution is -1.91. The highest BCUT2D eigenvalue weighted by molar-refractivity contribution is 6.14. The molecule has 0 N–H and O–H groups in total. The highest BCUT2D eigenvalue weighted by atomic mass is 27.1. The topological polar surface area (TPSA) is 22.2 Å².